The lowest BCUT2D eigenvalue weighted by Gasteiger charge is -2.38. The van der Waals surface area contributed by atoms with Crippen molar-refractivity contribution >= 4 is 0 Å². The van der Waals surface area contributed by atoms with E-state index in [2.05, 4.69) is 0 Å². The average Bonchev–Trinajstić information content (AvgIpc) is 2.00. The summed E-state index contributed by atoms with van der Waals surface area (Å²) >= 11 is 0. The van der Waals surface area contributed by atoms with Crippen LogP contribution in [0.15, 0.2) is 0 Å². The van der Waals surface area contributed by atoms with Crippen LogP contribution < -0.4 is 0 Å². The molecule has 2 unspecified atom stereocenters. The molecule has 1 saturated heterocycles. The minimum atomic E-state index is -1.82. The molecule has 0 radical (unpaired) electrons. The van der Waals surface area contributed by atoms with Gasteiger partial charge < -0.3 is 25.2 Å². The Hall–Kier alpha value is -0.200. The van der Waals surface area contributed by atoms with Gasteiger partial charge in [-0.1, -0.05) is 0 Å². The van der Waals surface area contributed by atoms with Gasteiger partial charge in [-0.3, -0.25) is 0 Å². The molecule has 1 fully saturated rings. The highest BCUT2D eigenvalue weighted by atomic mass is 16.5. The molecule has 1 aliphatic heterocycles. The van der Waals surface area contributed by atoms with Crippen molar-refractivity contribution < 1.29 is 25.2 Å². The van der Waals surface area contributed by atoms with E-state index in [1.54, 1.807) is 0 Å². The molecule has 5 nitrogen and oxygen atoms in total. The van der Waals surface area contributed by atoms with Crippen LogP contribution in [0.2, 0.25) is 0 Å². The standard InChI is InChI=1S/C6H12O5/c7-3-6(10)4(8)1-11-2-5(6)9/h4-5,7-10H,1-3H2. The summed E-state index contributed by atoms with van der Waals surface area (Å²) in [6, 6.07) is 0. The first-order chi connectivity index (χ1) is 5.11. The number of aliphatic hydroxyl groups is 4. The molecule has 0 spiro atoms. The number of aliphatic hydroxyl groups excluding tert-OH is 3. The van der Waals surface area contributed by atoms with Gasteiger partial charge in [0.05, 0.1) is 19.8 Å². The Morgan fingerprint density at radius 2 is 1.73 bits per heavy atom. The summed E-state index contributed by atoms with van der Waals surface area (Å²) in [6.45, 7) is -0.791. The molecule has 0 aromatic rings. The van der Waals surface area contributed by atoms with E-state index < -0.39 is 24.4 Å². The van der Waals surface area contributed by atoms with Gasteiger partial charge in [0, 0.05) is 0 Å². The average molecular weight is 164 g/mol. The Balaban J connectivity index is 2.69. The van der Waals surface area contributed by atoms with Crippen molar-refractivity contribution in [3.05, 3.63) is 0 Å². The zero-order valence-electron chi connectivity index (χ0n) is 5.97. The first kappa shape index (κ1) is 8.89. The fourth-order valence-corrected chi connectivity index (χ4v) is 1.01. The largest absolute Gasteiger partial charge is 0.393 e. The summed E-state index contributed by atoms with van der Waals surface area (Å²) in [6.07, 6.45) is -2.45. The van der Waals surface area contributed by atoms with Crippen molar-refractivity contribution in [2.75, 3.05) is 19.8 Å². The maximum absolute atomic E-state index is 9.39. The summed E-state index contributed by atoms with van der Waals surface area (Å²) in [5, 5.41) is 36.3. The third kappa shape index (κ3) is 1.38. The second-order valence-electron chi connectivity index (χ2n) is 2.72. The van der Waals surface area contributed by atoms with Gasteiger partial charge >= 0.3 is 0 Å². The molecule has 0 bridgehead atoms. The Labute approximate surface area is 63.8 Å². The molecule has 0 saturated carbocycles. The van der Waals surface area contributed by atoms with Gasteiger partial charge in [-0.15, -0.1) is 0 Å². The van der Waals surface area contributed by atoms with Gasteiger partial charge in [0.25, 0.3) is 0 Å². The van der Waals surface area contributed by atoms with E-state index in [0.717, 1.165) is 0 Å². The quantitative estimate of drug-likeness (QED) is 0.343. The topological polar surface area (TPSA) is 90.2 Å². The van der Waals surface area contributed by atoms with E-state index in [9.17, 15) is 5.11 Å². The summed E-state index contributed by atoms with van der Waals surface area (Å²) in [7, 11) is 0. The van der Waals surface area contributed by atoms with E-state index in [1.807, 2.05) is 0 Å². The molecule has 1 aliphatic rings. The molecule has 1 heterocycles. The van der Waals surface area contributed by atoms with Crippen LogP contribution in [0.5, 0.6) is 0 Å². The fourth-order valence-electron chi connectivity index (χ4n) is 1.01. The molecule has 5 heteroatoms. The lowest BCUT2D eigenvalue weighted by atomic mass is 9.90. The smallest absolute Gasteiger partial charge is 0.144 e. The monoisotopic (exact) mass is 164 g/mol. The molecule has 0 aromatic heterocycles. The summed E-state index contributed by atoms with van der Waals surface area (Å²) in [5.74, 6) is 0. The molecule has 0 aromatic carbocycles. The van der Waals surface area contributed by atoms with Gasteiger partial charge in [-0.05, 0) is 0 Å². The van der Waals surface area contributed by atoms with Crippen molar-refractivity contribution in [3.8, 4) is 0 Å². The first-order valence-electron chi connectivity index (χ1n) is 3.38. The van der Waals surface area contributed by atoms with E-state index in [-0.39, 0.29) is 13.2 Å². The van der Waals surface area contributed by atoms with E-state index >= 15 is 0 Å². The molecular formula is C6H12O5. The van der Waals surface area contributed by atoms with Crippen LogP contribution in [-0.2, 0) is 4.74 Å². The zero-order valence-corrected chi connectivity index (χ0v) is 5.97. The molecule has 66 valence electrons. The van der Waals surface area contributed by atoms with Crippen LogP contribution in [0, 0.1) is 0 Å². The second kappa shape index (κ2) is 3.04. The van der Waals surface area contributed by atoms with Gasteiger partial charge in [-0.25, -0.2) is 0 Å². The van der Waals surface area contributed by atoms with Crippen molar-refractivity contribution in [2.45, 2.75) is 17.8 Å². The van der Waals surface area contributed by atoms with Crippen LogP contribution >= 0.6 is 0 Å². The van der Waals surface area contributed by atoms with Gasteiger partial charge in [0.2, 0.25) is 0 Å². The summed E-state index contributed by atoms with van der Waals surface area (Å²) in [4.78, 5) is 0. The van der Waals surface area contributed by atoms with E-state index in [0.29, 0.717) is 0 Å². The second-order valence-corrected chi connectivity index (χ2v) is 2.72. The third-order valence-corrected chi connectivity index (χ3v) is 1.96. The van der Waals surface area contributed by atoms with Crippen LogP contribution in [-0.4, -0.2) is 58.1 Å². The Morgan fingerprint density at radius 1 is 1.27 bits per heavy atom. The highest BCUT2D eigenvalue weighted by molar-refractivity contribution is 4.95. The fraction of sp³-hybridized carbons (Fsp3) is 1.00. The van der Waals surface area contributed by atoms with Crippen molar-refractivity contribution in [1.29, 1.82) is 0 Å². The number of rotatable bonds is 1. The third-order valence-electron chi connectivity index (χ3n) is 1.96. The predicted octanol–water partition coefficient (Wildman–Crippen LogP) is -2.54. The van der Waals surface area contributed by atoms with Crippen LogP contribution in [0.4, 0.5) is 0 Å². The summed E-state index contributed by atoms with van der Waals surface area (Å²) < 4.78 is 4.72. The van der Waals surface area contributed by atoms with E-state index in [4.69, 9.17) is 20.1 Å². The molecular weight excluding hydrogens is 152 g/mol. The molecule has 11 heavy (non-hydrogen) atoms. The van der Waals surface area contributed by atoms with Crippen LogP contribution in [0.3, 0.4) is 0 Å². The predicted molar refractivity (Wildman–Crippen MR) is 34.9 cm³/mol. The molecule has 4 N–H and O–H groups in total. The molecule has 0 aliphatic carbocycles. The van der Waals surface area contributed by atoms with E-state index in [1.165, 1.54) is 0 Å². The van der Waals surface area contributed by atoms with Gasteiger partial charge in [0.15, 0.2) is 0 Å². The Bertz CT molecular complexity index is 127. The first-order valence-corrected chi connectivity index (χ1v) is 3.38. The minimum absolute atomic E-state index is 0.0614. The van der Waals surface area contributed by atoms with Crippen LogP contribution in [0.1, 0.15) is 0 Å². The molecule has 2 atom stereocenters. The highest BCUT2D eigenvalue weighted by Gasteiger charge is 2.45. The normalized spacial score (nSPS) is 45.8. The van der Waals surface area contributed by atoms with Gasteiger partial charge in [-0.2, -0.15) is 0 Å². The molecule has 1 rings (SSSR count). The number of ether oxygens (including phenoxy) is 1. The lowest BCUT2D eigenvalue weighted by Crippen LogP contribution is -2.61. The maximum Gasteiger partial charge on any atom is 0.144 e. The summed E-state index contributed by atoms with van der Waals surface area (Å²) in [5.41, 5.74) is -1.82. The lowest BCUT2D eigenvalue weighted by molar-refractivity contribution is -0.226. The van der Waals surface area contributed by atoms with Crippen molar-refractivity contribution in [2.24, 2.45) is 0 Å². The number of hydrogen-bond donors (Lipinski definition) is 4. The van der Waals surface area contributed by atoms with Crippen LogP contribution in [0.25, 0.3) is 0 Å². The Morgan fingerprint density at radius 3 is 2.00 bits per heavy atom. The maximum atomic E-state index is 9.39. The number of hydrogen-bond acceptors (Lipinski definition) is 5. The SMILES string of the molecule is OCC1(O)C(O)COCC1O. The van der Waals surface area contributed by atoms with Crippen molar-refractivity contribution in [1.82, 2.24) is 0 Å². The Kier molecular flexibility index (Phi) is 2.46. The van der Waals surface area contributed by atoms with Crippen molar-refractivity contribution in [3.63, 3.8) is 0 Å². The van der Waals surface area contributed by atoms with Gasteiger partial charge in [0.1, 0.15) is 17.8 Å². The minimum Gasteiger partial charge on any atom is -0.393 e. The molecule has 0 amide bonds. The highest BCUT2D eigenvalue weighted by Crippen LogP contribution is 2.20. The zero-order chi connectivity index (χ0) is 8.48.